The van der Waals surface area contributed by atoms with Crippen molar-refractivity contribution in [2.75, 3.05) is 12.4 Å². The highest BCUT2D eigenvalue weighted by atomic mass is 79.9. The molecule has 0 atom stereocenters. The van der Waals surface area contributed by atoms with E-state index in [1.165, 1.54) is 12.1 Å². The number of nitrogens with one attached hydrogen (secondary N) is 1. The van der Waals surface area contributed by atoms with Gasteiger partial charge in [-0.25, -0.2) is 4.39 Å². The Labute approximate surface area is 188 Å². The van der Waals surface area contributed by atoms with Crippen molar-refractivity contribution in [3.8, 4) is 17.1 Å². The first-order chi connectivity index (χ1) is 15.0. The lowest BCUT2D eigenvalue weighted by Crippen LogP contribution is -2.10. The highest BCUT2D eigenvalue weighted by molar-refractivity contribution is 9.10. The van der Waals surface area contributed by atoms with Crippen molar-refractivity contribution in [1.82, 2.24) is 14.8 Å². The SMILES string of the molecule is COc1ccc(Br)cc1/C=C/C(=O)Nc1cc(-c2nnc3n2CCCCC3)ccc1F. The zero-order chi connectivity index (χ0) is 21.8. The maximum Gasteiger partial charge on any atom is 0.248 e. The van der Waals surface area contributed by atoms with E-state index in [9.17, 15) is 9.18 Å². The molecular weight excluding hydrogens is 463 g/mol. The van der Waals surface area contributed by atoms with Crippen LogP contribution in [-0.2, 0) is 17.8 Å². The molecule has 4 rings (SSSR count). The van der Waals surface area contributed by atoms with Crippen molar-refractivity contribution in [1.29, 1.82) is 0 Å². The third kappa shape index (κ3) is 4.85. The average Bonchev–Trinajstić information content (AvgIpc) is 3.02. The monoisotopic (exact) mass is 484 g/mol. The number of hydrogen-bond donors (Lipinski definition) is 1. The number of fused-ring (bicyclic) bond motifs is 1. The number of rotatable bonds is 5. The second kappa shape index (κ2) is 9.43. The number of halogens is 2. The molecule has 0 saturated carbocycles. The minimum atomic E-state index is -0.513. The molecule has 0 spiro atoms. The first kappa shape index (κ1) is 21.2. The fourth-order valence-corrected chi connectivity index (χ4v) is 4.01. The Morgan fingerprint density at radius 3 is 2.90 bits per heavy atom. The molecule has 0 aliphatic carbocycles. The van der Waals surface area contributed by atoms with Gasteiger partial charge in [0.05, 0.1) is 12.8 Å². The number of ether oxygens (including phenoxy) is 1. The fourth-order valence-electron chi connectivity index (χ4n) is 3.63. The van der Waals surface area contributed by atoms with Crippen LogP contribution in [-0.4, -0.2) is 27.8 Å². The molecule has 8 heteroatoms. The fraction of sp³-hybridized carbons (Fsp3) is 0.261. The van der Waals surface area contributed by atoms with Gasteiger partial charge in [-0.1, -0.05) is 22.4 Å². The summed E-state index contributed by atoms with van der Waals surface area (Å²) in [4.78, 5) is 12.4. The lowest BCUT2D eigenvalue weighted by atomic mass is 10.1. The second-order valence-corrected chi connectivity index (χ2v) is 8.22. The van der Waals surface area contributed by atoms with Gasteiger partial charge in [0.1, 0.15) is 17.4 Å². The van der Waals surface area contributed by atoms with E-state index in [4.69, 9.17) is 4.74 Å². The molecule has 160 valence electrons. The van der Waals surface area contributed by atoms with Crippen LogP contribution in [0.1, 0.15) is 30.7 Å². The summed E-state index contributed by atoms with van der Waals surface area (Å²) >= 11 is 3.40. The Kier molecular flexibility index (Phi) is 6.46. The van der Waals surface area contributed by atoms with Crippen LogP contribution < -0.4 is 10.1 Å². The predicted molar refractivity (Wildman–Crippen MR) is 121 cm³/mol. The third-order valence-corrected chi connectivity index (χ3v) is 5.69. The van der Waals surface area contributed by atoms with E-state index >= 15 is 0 Å². The molecule has 31 heavy (non-hydrogen) atoms. The van der Waals surface area contributed by atoms with Gasteiger partial charge in [-0.2, -0.15) is 0 Å². The summed E-state index contributed by atoms with van der Waals surface area (Å²) in [5.41, 5.74) is 1.54. The molecule has 1 aromatic heterocycles. The van der Waals surface area contributed by atoms with Crippen molar-refractivity contribution >= 4 is 33.6 Å². The number of benzene rings is 2. The maximum atomic E-state index is 14.4. The van der Waals surface area contributed by atoms with Crippen molar-refractivity contribution in [2.45, 2.75) is 32.2 Å². The van der Waals surface area contributed by atoms with E-state index in [2.05, 4.69) is 36.0 Å². The molecule has 0 unspecified atom stereocenters. The first-order valence-corrected chi connectivity index (χ1v) is 10.9. The molecule has 1 aliphatic rings. The summed E-state index contributed by atoms with van der Waals surface area (Å²) in [6.07, 6.45) is 7.17. The van der Waals surface area contributed by atoms with Crippen LogP contribution in [0.2, 0.25) is 0 Å². The van der Waals surface area contributed by atoms with Crippen molar-refractivity contribution in [3.63, 3.8) is 0 Å². The molecular formula is C23H22BrFN4O2. The van der Waals surface area contributed by atoms with Gasteiger partial charge in [-0.3, -0.25) is 4.79 Å². The quantitative estimate of drug-likeness (QED) is 0.503. The molecule has 0 radical (unpaired) electrons. The van der Waals surface area contributed by atoms with E-state index in [0.29, 0.717) is 11.6 Å². The number of aryl methyl sites for hydroxylation is 1. The number of amides is 1. The summed E-state index contributed by atoms with van der Waals surface area (Å²) in [7, 11) is 1.56. The van der Waals surface area contributed by atoms with Crippen molar-refractivity contribution in [3.05, 3.63) is 64.2 Å². The van der Waals surface area contributed by atoms with Gasteiger partial charge in [0.15, 0.2) is 5.82 Å². The van der Waals surface area contributed by atoms with E-state index in [-0.39, 0.29) is 5.69 Å². The number of anilines is 1. The normalized spacial score (nSPS) is 13.6. The number of aromatic nitrogens is 3. The average molecular weight is 485 g/mol. The number of carbonyl (C=O) groups is 1. The van der Waals surface area contributed by atoms with Crippen LogP contribution in [0.3, 0.4) is 0 Å². The molecule has 1 N–H and O–H groups in total. The summed E-state index contributed by atoms with van der Waals surface area (Å²) in [5.74, 6) is 1.32. The van der Waals surface area contributed by atoms with Gasteiger partial charge < -0.3 is 14.6 Å². The molecule has 2 heterocycles. The Hall–Kier alpha value is -3.00. The molecule has 3 aromatic rings. The van der Waals surface area contributed by atoms with E-state index in [1.807, 2.05) is 12.1 Å². The molecule has 0 saturated heterocycles. The van der Waals surface area contributed by atoms with Crippen LogP contribution in [0, 0.1) is 5.82 Å². The minimum Gasteiger partial charge on any atom is -0.496 e. The van der Waals surface area contributed by atoms with Gasteiger partial charge in [-0.15, -0.1) is 10.2 Å². The van der Waals surface area contributed by atoms with Gasteiger partial charge in [0.2, 0.25) is 5.91 Å². The first-order valence-electron chi connectivity index (χ1n) is 10.1. The Bertz CT molecular complexity index is 1140. The summed E-state index contributed by atoms with van der Waals surface area (Å²) in [6.45, 7) is 0.841. The summed E-state index contributed by atoms with van der Waals surface area (Å²) in [6, 6.07) is 10.1. The number of carbonyl (C=O) groups excluding carboxylic acids is 1. The van der Waals surface area contributed by atoms with Crippen molar-refractivity contribution in [2.24, 2.45) is 0 Å². The molecule has 1 aliphatic heterocycles. The van der Waals surface area contributed by atoms with Crippen molar-refractivity contribution < 1.29 is 13.9 Å². The predicted octanol–water partition coefficient (Wildman–Crippen LogP) is 5.23. The summed E-state index contributed by atoms with van der Waals surface area (Å²) in [5, 5.41) is 11.2. The van der Waals surface area contributed by atoms with E-state index < -0.39 is 11.7 Å². The molecule has 0 fully saturated rings. The lowest BCUT2D eigenvalue weighted by Gasteiger charge is -2.10. The molecule has 1 amide bonds. The number of nitrogens with zero attached hydrogens (tertiary/aromatic N) is 3. The standard InChI is InChI=1S/C23H22BrFN4O2/c1-31-20-10-8-17(24)13-15(20)7-11-22(30)26-19-14-16(6-9-18(19)25)23-28-27-21-5-3-2-4-12-29(21)23/h6-11,13-14H,2-5,12H2,1H3,(H,26,30)/b11-7+. The number of methoxy groups -OCH3 is 1. The smallest absolute Gasteiger partial charge is 0.248 e. The Balaban J connectivity index is 1.55. The van der Waals surface area contributed by atoms with Crippen LogP contribution >= 0.6 is 15.9 Å². The maximum absolute atomic E-state index is 14.4. The van der Waals surface area contributed by atoms with Crippen LogP contribution in [0.5, 0.6) is 5.75 Å². The number of hydrogen-bond acceptors (Lipinski definition) is 4. The molecule has 0 bridgehead atoms. The Morgan fingerprint density at radius 1 is 1.19 bits per heavy atom. The van der Waals surface area contributed by atoms with Gasteiger partial charge >= 0.3 is 0 Å². The zero-order valence-corrected chi connectivity index (χ0v) is 18.7. The van der Waals surface area contributed by atoms with Gasteiger partial charge in [0, 0.05) is 34.6 Å². The molecule has 6 nitrogen and oxygen atoms in total. The minimum absolute atomic E-state index is 0.0966. The highest BCUT2D eigenvalue weighted by Gasteiger charge is 2.17. The van der Waals surface area contributed by atoms with E-state index in [1.54, 1.807) is 31.4 Å². The second-order valence-electron chi connectivity index (χ2n) is 7.31. The third-order valence-electron chi connectivity index (χ3n) is 5.20. The van der Waals surface area contributed by atoms with Gasteiger partial charge in [-0.05, 0) is 55.3 Å². The van der Waals surface area contributed by atoms with Crippen LogP contribution in [0.25, 0.3) is 17.5 Å². The van der Waals surface area contributed by atoms with Crippen LogP contribution in [0.4, 0.5) is 10.1 Å². The van der Waals surface area contributed by atoms with E-state index in [0.717, 1.165) is 53.7 Å². The van der Waals surface area contributed by atoms with Crippen LogP contribution in [0.15, 0.2) is 46.9 Å². The Morgan fingerprint density at radius 2 is 2.06 bits per heavy atom. The lowest BCUT2D eigenvalue weighted by molar-refractivity contribution is -0.111. The van der Waals surface area contributed by atoms with Gasteiger partial charge in [0.25, 0.3) is 0 Å². The topological polar surface area (TPSA) is 69.0 Å². The zero-order valence-electron chi connectivity index (χ0n) is 17.1. The largest absolute Gasteiger partial charge is 0.496 e. The molecule has 2 aromatic carbocycles. The summed E-state index contributed by atoms with van der Waals surface area (Å²) < 4.78 is 22.7. The highest BCUT2D eigenvalue weighted by Crippen LogP contribution is 2.27.